The van der Waals surface area contributed by atoms with Gasteiger partial charge in [-0.05, 0) is 61.4 Å². The molecule has 8 nitrogen and oxygen atoms in total. The summed E-state index contributed by atoms with van der Waals surface area (Å²) in [6, 6.07) is 10.8. The van der Waals surface area contributed by atoms with Crippen LogP contribution in [0.15, 0.2) is 65.1 Å². The van der Waals surface area contributed by atoms with Crippen LogP contribution in [0, 0.1) is 11.8 Å². The SMILES string of the molecule is CCCC1=NC(CCC2CCCCC2)=C(C(=O)OCC)C(c2ccc(C(=O)NCc3cccnc3)cc2)C1C(N)=O. The van der Waals surface area contributed by atoms with Gasteiger partial charge in [0, 0.05) is 36.1 Å². The minimum absolute atomic E-state index is 0.216. The molecule has 2 atom stereocenters. The quantitative estimate of drug-likeness (QED) is 0.327. The van der Waals surface area contributed by atoms with Crippen LogP contribution in [0.5, 0.6) is 0 Å². The van der Waals surface area contributed by atoms with Crippen molar-refractivity contribution in [1.82, 2.24) is 10.3 Å². The lowest BCUT2D eigenvalue weighted by Crippen LogP contribution is -2.40. The zero-order valence-corrected chi connectivity index (χ0v) is 24.2. The number of hydrogen-bond acceptors (Lipinski definition) is 6. The summed E-state index contributed by atoms with van der Waals surface area (Å²) in [4.78, 5) is 48.3. The summed E-state index contributed by atoms with van der Waals surface area (Å²) in [5, 5.41) is 2.91. The molecule has 1 aromatic heterocycles. The van der Waals surface area contributed by atoms with E-state index in [1.54, 1.807) is 31.5 Å². The first-order valence-electron chi connectivity index (χ1n) is 15.0. The maximum Gasteiger partial charge on any atom is 0.336 e. The van der Waals surface area contributed by atoms with E-state index in [9.17, 15) is 14.4 Å². The molecule has 2 aliphatic rings. The number of aliphatic imine (C=N–C) groups is 1. The van der Waals surface area contributed by atoms with Gasteiger partial charge in [0.05, 0.1) is 23.8 Å². The molecule has 0 saturated heterocycles. The van der Waals surface area contributed by atoms with Crippen molar-refractivity contribution in [1.29, 1.82) is 0 Å². The van der Waals surface area contributed by atoms with E-state index in [0.29, 0.717) is 42.1 Å². The average Bonchev–Trinajstić information content (AvgIpc) is 2.99. The van der Waals surface area contributed by atoms with Gasteiger partial charge < -0.3 is 15.8 Å². The number of esters is 1. The predicted octanol–water partition coefficient (Wildman–Crippen LogP) is 5.63. The van der Waals surface area contributed by atoms with E-state index in [4.69, 9.17) is 15.5 Å². The minimum atomic E-state index is -0.766. The van der Waals surface area contributed by atoms with Gasteiger partial charge in [0.25, 0.3) is 5.91 Å². The number of nitrogens with zero attached hydrogens (tertiary/aromatic N) is 2. The van der Waals surface area contributed by atoms with Crippen molar-refractivity contribution < 1.29 is 19.1 Å². The molecule has 1 aliphatic heterocycles. The molecule has 0 bridgehead atoms. The average molecular weight is 559 g/mol. The highest BCUT2D eigenvalue weighted by molar-refractivity contribution is 6.09. The maximum absolute atomic E-state index is 13.5. The number of primary amides is 1. The Morgan fingerprint density at radius 1 is 1.02 bits per heavy atom. The van der Waals surface area contributed by atoms with Crippen LogP contribution >= 0.6 is 0 Å². The molecule has 218 valence electrons. The summed E-state index contributed by atoms with van der Waals surface area (Å²) in [5.74, 6) is -1.98. The monoisotopic (exact) mass is 558 g/mol. The predicted molar refractivity (Wildman–Crippen MR) is 159 cm³/mol. The first-order valence-corrected chi connectivity index (χ1v) is 15.0. The van der Waals surface area contributed by atoms with Crippen molar-refractivity contribution in [3.63, 3.8) is 0 Å². The van der Waals surface area contributed by atoms with E-state index < -0.39 is 23.7 Å². The lowest BCUT2D eigenvalue weighted by atomic mass is 9.73. The van der Waals surface area contributed by atoms with Gasteiger partial charge in [-0.15, -0.1) is 0 Å². The molecule has 41 heavy (non-hydrogen) atoms. The van der Waals surface area contributed by atoms with Crippen LogP contribution in [-0.2, 0) is 20.9 Å². The number of amides is 2. The second kappa shape index (κ2) is 14.7. The standard InChI is InChI=1S/C33H42N4O4/c1-3-9-26-29(31(34)38)28(24-14-16-25(17-15-24)32(39)36-21-23-12-8-19-35-20-23)30(33(40)41-4-2)27(37-26)18-13-22-10-6-5-7-11-22/h8,12,14-17,19-20,22,28-29H,3-7,9-11,13,18,21H2,1-2H3,(H2,34,38)(H,36,39). The van der Waals surface area contributed by atoms with Gasteiger partial charge in [-0.3, -0.25) is 19.6 Å². The lowest BCUT2D eigenvalue weighted by Gasteiger charge is -2.33. The Hall–Kier alpha value is -3.81. The summed E-state index contributed by atoms with van der Waals surface area (Å²) in [6.07, 6.45) is 12.6. The number of carbonyl (C=O) groups excluding carboxylic acids is 3. The third-order valence-corrected chi connectivity index (χ3v) is 8.12. The number of nitrogens with one attached hydrogen (secondary N) is 1. The number of hydrogen-bond donors (Lipinski definition) is 2. The van der Waals surface area contributed by atoms with Gasteiger partial charge >= 0.3 is 5.97 Å². The summed E-state index contributed by atoms with van der Waals surface area (Å²) in [7, 11) is 0. The van der Waals surface area contributed by atoms with E-state index in [-0.39, 0.29) is 12.5 Å². The van der Waals surface area contributed by atoms with Crippen LogP contribution in [0.4, 0.5) is 0 Å². The van der Waals surface area contributed by atoms with Crippen LogP contribution in [0.25, 0.3) is 0 Å². The van der Waals surface area contributed by atoms with Crippen molar-refractivity contribution in [2.45, 2.75) is 84.1 Å². The number of pyridine rings is 1. The molecule has 0 radical (unpaired) electrons. The molecule has 2 heterocycles. The molecule has 2 aromatic rings. The smallest absolute Gasteiger partial charge is 0.336 e. The Labute approximate surface area is 242 Å². The van der Waals surface area contributed by atoms with Gasteiger partial charge in [0.1, 0.15) is 0 Å². The molecule has 4 rings (SSSR count). The van der Waals surface area contributed by atoms with Gasteiger partial charge in [0.2, 0.25) is 5.91 Å². The third kappa shape index (κ3) is 7.69. The molecule has 0 spiro atoms. The number of aromatic nitrogens is 1. The van der Waals surface area contributed by atoms with E-state index in [0.717, 1.165) is 29.7 Å². The lowest BCUT2D eigenvalue weighted by molar-refractivity contribution is -0.139. The Bertz CT molecular complexity index is 1260. The summed E-state index contributed by atoms with van der Waals surface area (Å²) >= 11 is 0. The summed E-state index contributed by atoms with van der Waals surface area (Å²) in [5.41, 5.74) is 9.95. The van der Waals surface area contributed by atoms with E-state index in [1.807, 2.05) is 31.2 Å². The number of benzene rings is 1. The fourth-order valence-electron chi connectivity index (χ4n) is 6.09. The zero-order chi connectivity index (χ0) is 29.2. The molecule has 2 amide bonds. The summed E-state index contributed by atoms with van der Waals surface area (Å²) in [6.45, 7) is 4.39. The van der Waals surface area contributed by atoms with Crippen LogP contribution in [0.2, 0.25) is 0 Å². The second-order valence-electron chi connectivity index (χ2n) is 11.0. The third-order valence-electron chi connectivity index (χ3n) is 8.12. The minimum Gasteiger partial charge on any atom is -0.463 e. The van der Waals surface area contributed by atoms with Gasteiger partial charge in [-0.1, -0.05) is 63.6 Å². The van der Waals surface area contributed by atoms with Crippen molar-refractivity contribution in [2.75, 3.05) is 6.61 Å². The number of allylic oxidation sites excluding steroid dienone is 1. The molecule has 1 saturated carbocycles. The van der Waals surface area contributed by atoms with E-state index >= 15 is 0 Å². The van der Waals surface area contributed by atoms with Gasteiger partial charge in [0.15, 0.2) is 0 Å². The molecule has 1 aromatic carbocycles. The fraction of sp³-hybridized carbons (Fsp3) is 0.485. The molecule has 8 heteroatoms. The van der Waals surface area contributed by atoms with Crippen LogP contribution < -0.4 is 11.1 Å². The molecular weight excluding hydrogens is 516 g/mol. The Balaban J connectivity index is 1.67. The second-order valence-corrected chi connectivity index (χ2v) is 11.0. The topological polar surface area (TPSA) is 124 Å². The first kappa shape index (κ1) is 30.2. The van der Waals surface area contributed by atoms with Crippen LogP contribution in [0.3, 0.4) is 0 Å². The van der Waals surface area contributed by atoms with E-state index in [2.05, 4.69) is 10.3 Å². The van der Waals surface area contributed by atoms with Gasteiger partial charge in [-0.2, -0.15) is 0 Å². The number of rotatable bonds is 12. The highest BCUT2D eigenvalue weighted by atomic mass is 16.5. The first-order chi connectivity index (χ1) is 19.9. The normalized spacial score (nSPS) is 19.4. The van der Waals surface area contributed by atoms with Crippen LogP contribution in [-0.4, -0.2) is 35.1 Å². The number of ether oxygens (including phenoxy) is 1. The number of carbonyl (C=O) groups is 3. The molecule has 3 N–H and O–H groups in total. The molecular formula is C33H42N4O4. The molecule has 1 fully saturated rings. The van der Waals surface area contributed by atoms with E-state index in [1.165, 1.54) is 32.1 Å². The Kier molecular flexibility index (Phi) is 10.8. The van der Waals surface area contributed by atoms with Crippen molar-refractivity contribution in [3.05, 3.63) is 76.8 Å². The van der Waals surface area contributed by atoms with Gasteiger partial charge in [-0.25, -0.2) is 4.79 Å². The maximum atomic E-state index is 13.5. The Morgan fingerprint density at radius 2 is 1.78 bits per heavy atom. The fourth-order valence-corrected chi connectivity index (χ4v) is 6.09. The zero-order valence-electron chi connectivity index (χ0n) is 24.2. The molecule has 2 unspecified atom stereocenters. The van der Waals surface area contributed by atoms with Crippen LogP contribution in [0.1, 0.15) is 99.0 Å². The highest BCUT2D eigenvalue weighted by Crippen LogP contribution is 2.42. The summed E-state index contributed by atoms with van der Waals surface area (Å²) < 4.78 is 5.53. The van der Waals surface area contributed by atoms with Crippen molar-refractivity contribution in [3.8, 4) is 0 Å². The van der Waals surface area contributed by atoms with Crippen molar-refractivity contribution >= 4 is 23.5 Å². The molecule has 1 aliphatic carbocycles. The largest absolute Gasteiger partial charge is 0.463 e. The van der Waals surface area contributed by atoms with Crippen molar-refractivity contribution in [2.24, 2.45) is 22.6 Å². The number of nitrogens with two attached hydrogens (primary N) is 1. The highest BCUT2D eigenvalue weighted by Gasteiger charge is 2.42. The Morgan fingerprint density at radius 3 is 2.41 bits per heavy atom.